The van der Waals surface area contributed by atoms with Gasteiger partial charge in [-0.3, -0.25) is 9.48 Å². The molecule has 29 heavy (non-hydrogen) atoms. The van der Waals surface area contributed by atoms with Crippen molar-refractivity contribution < 1.29 is 13.9 Å². The first-order valence-corrected chi connectivity index (χ1v) is 9.98. The van der Waals surface area contributed by atoms with Crippen LogP contribution in [0.4, 0.5) is 0 Å². The zero-order valence-electron chi connectivity index (χ0n) is 16.9. The molecule has 1 amide bonds. The third kappa shape index (κ3) is 4.24. The number of oxazole rings is 1. The van der Waals surface area contributed by atoms with Crippen molar-refractivity contribution in [3.8, 4) is 11.6 Å². The number of hydrogen-bond acceptors (Lipinski definition) is 6. The number of rotatable bonds is 8. The second-order valence-corrected chi connectivity index (χ2v) is 7.09. The van der Waals surface area contributed by atoms with Gasteiger partial charge in [-0.1, -0.05) is 0 Å². The Morgan fingerprint density at radius 2 is 2.24 bits per heavy atom. The Morgan fingerprint density at radius 3 is 2.97 bits per heavy atom. The van der Waals surface area contributed by atoms with Crippen molar-refractivity contribution in [1.82, 2.24) is 29.2 Å². The third-order valence-electron chi connectivity index (χ3n) is 5.11. The van der Waals surface area contributed by atoms with Gasteiger partial charge in [-0.05, 0) is 13.8 Å². The quantitative estimate of drug-likeness (QED) is 0.540. The average molecular weight is 398 g/mol. The summed E-state index contributed by atoms with van der Waals surface area (Å²) in [6.45, 7) is 7.61. The van der Waals surface area contributed by atoms with Crippen LogP contribution < -0.4 is 0 Å². The average Bonchev–Trinajstić information content (AvgIpc) is 3.46. The fourth-order valence-corrected chi connectivity index (χ4v) is 3.62. The fraction of sp³-hybridized carbons (Fsp3) is 0.500. The number of aryl methyl sites for hydroxylation is 2. The molecule has 0 N–H and O–H groups in total. The van der Waals surface area contributed by atoms with Gasteiger partial charge in [0.2, 0.25) is 11.8 Å². The van der Waals surface area contributed by atoms with Crippen LogP contribution in [0.1, 0.15) is 30.4 Å². The van der Waals surface area contributed by atoms with E-state index in [0.29, 0.717) is 51.7 Å². The molecule has 0 saturated heterocycles. The van der Waals surface area contributed by atoms with E-state index in [1.807, 2.05) is 34.2 Å². The normalized spacial score (nSPS) is 13.7. The van der Waals surface area contributed by atoms with Gasteiger partial charge < -0.3 is 18.6 Å². The Morgan fingerprint density at radius 1 is 1.34 bits per heavy atom. The first kappa shape index (κ1) is 19.4. The van der Waals surface area contributed by atoms with Crippen molar-refractivity contribution in [3.05, 3.63) is 41.9 Å². The molecule has 3 aromatic heterocycles. The van der Waals surface area contributed by atoms with Gasteiger partial charge in [0.15, 0.2) is 5.69 Å². The highest BCUT2D eigenvalue weighted by Crippen LogP contribution is 2.30. The molecule has 0 aliphatic carbocycles. The molecule has 1 aliphatic rings. The molecular formula is C20H26N6O3. The summed E-state index contributed by atoms with van der Waals surface area (Å²) < 4.78 is 15.1. The van der Waals surface area contributed by atoms with E-state index in [9.17, 15) is 4.79 Å². The number of fused-ring (bicyclic) bond motifs is 1. The first-order chi connectivity index (χ1) is 14.2. The van der Waals surface area contributed by atoms with E-state index in [1.54, 1.807) is 18.7 Å². The lowest BCUT2D eigenvalue weighted by Crippen LogP contribution is -2.37. The largest absolute Gasteiger partial charge is 0.440 e. The number of ether oxygens (including phenoxy) is 1. The van der Waals surface area contributed by atoms with Gasteiger partial charge in [0.25, 0.3) is 0 Å². The molecule has 0 atom stereocenters. The highest BCUT2D eigenvalue weighted by atomic mass is 16.5. The fourth-order valence-electron chi connectivity index (χ4n) is 3.62. The predicted molar refractivity (Wildman–Crippen MR) is 105 cm³/mol. The molecule has 0 unspecified atom stereocenters. The minimum absolute atomic E-state index is 0.126. The Bertz CT molecular complexity index is 959. The van der Waals surface area contributed by atoms with Crippen LogP contribution in [0.2, 0.25) is 0 Å². The van der Waals surface area contributed by atoms with E-state index < -0.39 is 0 Å². The number of carbonyl (C=O) groups excluding carboxylic acids is 1. The van der Waals surface area contributed by atoms with E-state index in [0.717, 1.165) is 29.1 Å². The Labute approximate surface area is 169 Å². The van der Waals surface area contributed by atoms with Crippen LogP contribution in [0.15, 0.2) is 29.3 Å². The van der Waals surface area contributed by atoms with E-state index in [4.69, 9.17) is 14.3 Å². The smallest absolute Gasteiger partial charge is 0.247 e. The number of amides is 1. The van der Waals surface area contributed by atoms with Crippen molar-refractivity contribution in [3.63, 3.8) is 0 Å². The zero-order valence-corrected chi connectivity index (χ0v) is 16.9. The third-order valence-corrected chi connectivity index (χ3v) is 5.11. The topological polar surface area (TPSA) is 91.2 Å². The van der Waals surface area contributed by atoms with Crippen LogP contribution in [0, 0.1) is 6.92 Å². The maximum Gasteiger partial charge on any atom is 0.247 e. The lowest BCUT2D eigenvalue weighted by Gasteiger charge is -2.28. The number of carbonyl (C=O) groups is 1. The SMILES string of the molecule is CCOCCn1nc(-c2ncc(C)o2)c2c1CCN(C(=O)CCn1ccnc1)C2. The van der Waals surface area contributed by atoms with E-state index >= 15 is 0 Å². The van der Waals surface area contributed by atoms with Crippen molar-refractivity contribution >= 4 is 5.91 Å². The van der Waals surface area contributed by atoms with Gasteiger partial charge in [-0.15, -0.1) is 0 Å². The second kappa shape index (κ2) is 8.60. The number of nitrogens with zero attached hydrogens (tertiary/aromatic N) is 6. The van der Waals surface area contributed by atoms with Gasteiger partial charge >= 0.3 is 0 Å². The van der Waals surface area contributed by atoms with E-state index in [-0.39, 0.29) is 5.91 Å². The molecule has 0 bridgehead atoms. The Balaban J connectivity index is 1.54. The van der Waals surface area contributed by atoms with Crippen molar-refractivity contribution in [1.29, 1.82) is 0 Å². The summed E-state index contributed by atoms with van der Waals surface area (Å²) in [7, 11) is 0. The summed E-state index contributed by atoms with van der Waals surface area (Å²) in [5.74, 6) is 1.37. The van der Waals surface area contributed by atoms with Crippen LogP contribution in [0.5, 0.6) is 0 Å². The lowest BCUT2D eigenvalue weighted by atomic mass is 10.0. The lowest BCUT2D eigenvalue weighted by molar-refractivity contribution is -0.132. The summed E-state index contributed by atoms with van der Waals surface area (Å²) in [6, 6.07) is 0. The van der Waals surface area contributed by atoms with Crippen LogP contribution >= 0.6 is 0 Å². The monoisotopic (exact) mass is 398 g/mol. The zero-order chi connectivity index (χ0) is 20.2. The number of imidazole rings is 1. The Kier molecular flexibility index (Phi) is 5.75. The summed E-state index contributed by atoms with van der Waals surface area (Å²) in [6.07, 6.45) is 8.21. The van der Waals surface area contributed by atoms with E-state index in [1.165, 1.54) is 0 Å². The van der Waals surface area contributed by atoms with Crippen LogP contribution in [0.25, 0.3) is 11.6 Å². The van der Waals surface area contributed by atoms with Crippen LogP contribution in [-0.2, 0) is 35.6 Å². The highest BCUT2D eigenvalue weighted by Gasteiger charge is 2.29. The van der Waals surface area contributed by atoms with Gasteiger partial charge in [-0.2, -0.15) is 5.10 Å². The summed E-state index contributed by atoms with van der Waals surface area (Å²) in [5, 5.41) is 4.76. The molecule has 3 aromatic rings. The summed E-state index contributed by atoms with van der Waals surface area (Å²) in [4.78, 5) is 23.1. The van der Waals surface area contributed by atoms with Gasteiger partial charge in [0.1, 0.15) is 5.76 Å². The number of aromatic nitrogens is 5. The Hall–Kier alpha value is -2.94. The molecule has 0 aromatic carbocycles. The molecule has 4 rings (SSSR count). The molecule has 0 spiro atoms. The first-order valence-electron chi connectivity index (χ1n) is 9.98. The molecule has 0 saturated carbocycles. The molecule has 4 heterocycles. The van der Waals surface area contributed by atoms with Crippen LogP contribution in [-0.4, -0.2) is 54.9 Å². The standard InChI is InChI=1S/C20H26N6O3/c1-3-28-11-10-26-17-4-8-25(18(27)5-7-24-9-6-21-14-24)13-16(17)19(23-26)20-22-12-15(2)29-20/h6,9,12,14H,3-5,7-8,10-11,13H2,1-2H3. The molecule has 9 heteroatoms. The van der Waals surface area contributed by atoms with Crippen molar-refractivity contribution in [2.45, 2.75) is 46.3 Å². The molecule has 0 fully saturated rings. The highest BCUT2D eigenvalue weighted by molar-refractivity contribution is 5.77. The molecule has 9 nitrogen and oxygen atoms in total. The van der Waals surface area contributed by atoms with Crippen molar-refractivity contribution in [2.24, 2.45) is 0 Å². The minimum atomic E-state index is 0.126. The number of hydrogen-bond donors (Lipinski definition) is 0. The minimum Gasteiger partial charge on any atom is -0.440 e. The van der Waals surface area contributed by atoms with Gasteiger partial charge in [0.05, 0.1) is 25.7 Å². The molecule has 154 valence electrons. The molecule has 0 radical (unpaired) electrons. The summed E-state index contributed by atoms with van der Waals surface area (Å²) in [5.41, 5.74) is 2.87. The van der Waals surface area contributed by atoms with Crippen LogP contribution in [0.3, 0.4) is 0 Å². The van der Waals surface area contributed by atoms with Crippen molar-refractivity contribution in [2.75, 3.05) is 19.8 Å². The maximum absolute atomic E-state index is 12.8. The second-order valence-electron chi connectivity index (χ2n) is 7.09. The van der Waals surface area contributed by atoms with Gasteiger partial charge in [-0.25, -0.2) is 9.97 Å². The predicted octanol–water partition coefficient (Wildman–Crippen LogP) is 2.05. The summed E-state index contributed by atoms with van der Waals surface area (Å²) >= 11 is 0. The molecule has 1 aliphatic heterocycles. The van der Waals surface area contributed by atoms with E-state index in [2.05, 4.69) is 9.97 Å². The maximum atomic E-state index is 12.8. The van der Waals surface area contributed by atoms with Gasteiger partial charge in [0, 0.05) is 62.7 Å². The molecular weight excluding hydrogens is 372 g/mol.